The molecule has 2 fully saturated rings. The van der Waals surface area contributed by atoms with Crippen LogP contribution in [0.4, 0.5) is 5.69 Å². The molecule has 1 saturated carbocycles. The minimum Gasteiger partial charge on any atom is -0.322 e. The van der Waals surface area contributed by atoms with E-state index in [2.05, 4.69) is 25.7 Å². The van der Waals surface area contributed by atoms with E-state index in [9.17, 15) is 4.79 Å². The van der Waals surface area contributed by atoms with E-state index in [1.807, 2.05) is 0 Å². The first-order chi connectivity index (χ1) is 11.3. The van der Waals surface area contributed by atoms with Crippen LogP contribution in [0.1, 0.15) is 32.1 Å². The summed E-state index contributed by atoms with van der Waals surface area (Å²) in [5.41, 5.74) is 0.666. The second-order valence-corrected chi connectivity index (χ2v) is 6.32. The van der Waals surface area contributed by atoms with Gasteiger partial charge in [0.1, 0.15) is 0 Å². The van der Waals surface area contributed by atoms with Gasteiger partial charge in [-0.25, -0.2) is 14.6 Å². The summed E-state index contributed by atoms with van der Waals surface area (Å²) >= 11 is 0. The molecule has 7 nitrogen and oxygen atoms in total. The Morgan fingerprint density at radius 2 is 2.09 bits per heavy atom. The van der Waals surface area contributed by atoms with E-state index < -0.39 is 0 Å². The average Bonchev–Trinajstić information content (AvgIpc) is 3.22. The summed E-state index contributed by atoms with van der Waals surface area (Å²) < 4.78 is 1.55. The summed E-state index contributed by atoms with van der Waals surface area (Å²) in [5.74, 6) is 1.16. The molecule has 1 saturated heterocycles. The summed E-state index contributed by atoms with van der Waals surface area (Å²) in [7, 11) is 0. The van der Waals surface area contributed by atoms with Gasteiger partial charge in [0.05, 0.1) is 24.1 Å². The fraction of sp³-hybridized carbons (Fsp3) is 0.500. The van der Waals surface area contributed by atoms with Crippen molar-refractivity contribution in [3.8, 4) is 5.95 Å². The van der Waals surface area contributed by atoms with Gasteiger partial charge in [0.2, 0.25) is 11.9 Å². The van der Waals surface area contributed by atoms with Gasteiger partial charge in [-0.3, -0.25) is 4.79 Å². The molecule has 2 N–H and O–H groups in total. The first-order valence-electron chi connectivity index (χ1n) is 8.18. The molecule has 0 bridgehead atoms. The van der Waals surface area contributed by atoms with Crippen molar-refractivity contribution in [2.45, 2.75) is 44.2 Å². The zero-order valence-corrected chi connectivity index (χ0v) is 12.9. The first-order valence-corrected chi connectivity index (χ1v) is 8.18. The van der Waals surface area contributed by atoms with Crippen LogP contribution in [-0.4, -0.2) is 37.7 Å². The maximum Gasteiger partial charge on any atom is 0.250 e. The van der Waals surface area contributed by atoms with Crippen molar-refractivity contribution in [3.63, 3.8) is 0 Å². The standard InChI is InChI=1S/C16H20N6O/c23-15(14-8-11-4-1-2-5-13(11)21-14)20-12-9-19-22(10-12)16-17-6-3-7-18-16/h3,6-7,9-11,13-14,21H,1-2,4-5,8H2,(H,20,23)/t11-,13-,14+/m1/s1. The van der Waals surface area contributed by atoms with Crippen molar-refractivity contribution in [1.29, 1.82) is 0 Å². The molecule has 1 aliphatic heterocycles. The van der Waals surface area contributed by atoms with Crippen molar-refractivity contribution in [2.24, 2.45) is 5.92 Å². The number of nitrogens with zero attached hydrogens (tertiary/aromatic N) is 4. The Balaban J connectivity index is 1.41. The fourth-order valence-corrected chi connectivity index (χ4v) is 3.66. The minimum absolute atomic E-state index is 0.0212. The first kappa shape index (κ1) is 14.3. The molecule has 0 aromatic carbocycles. The highest BCUT2D eigenvalue weighted by atomic mass is 16.2. The van der Waals surface area contributed by atoms with Crippen LogP contribution >= 0.6 is 0 Å². The molecule has 0 spiro atoms. The number of carbonyl (C=O) groups excluding carboxylic acids is 1. The Morgan fingerprint density at radius 3 is 2.91 bits per heavy atom. The van der Waals surface area contributed by atoms with Crippen molar-refractivity contribution in [1.82, 2.24) is 25.1 Å². The van der Waals surface area contributed by atoms with E-state index in [0.29, 0.717) is 23.6 Å². The Labute approximate surface area is 134 Å². The van der Waals surface area contributed by atoms with Gasteiger partial charge in [-0.15, -0.1) is 0 Å². The predicted octanol–water partition coefficient (Wildman–Crippen LogP) is 1.52. The lowest BCUT2D eigenvalue weighted by Crippen LogP contribution is -2.39. The molecule has 120 valence electrons. The van der Waals surface area contributed by atoms with Crippen molar-refractivity contribution < 1.29 is 4.79 Å². The maximum atomic E-state index is 12.5. The van der Waals surface area contributed by atoms with E-state index in [-0.39, 0.29) is 11.9 Å². The molecule has 3 heterocycles. The smallest absolute Gasteiger partial charge is 0.250 e. The largest absolute Gasteiger partial charge is 0.322 e. The molecule has 1 amide bonds. The van der Waals surface area contributed by atoms with E-state index in [1.165, 1.54) is 25.7 Å². The summed E-state index contributed by atoms with van der Waals surface area (Å²) in [5, 5.41) is 10.6. The zero-order chi connectivity index (χ0) is 15.6. The number of hydrogen-bond donors (Lipinski definition) is 2. The van der Waals surface area contributed by atoms with E-state index in [4.69, 9.17) is 0 Å². The molecule has 2 aromatic heterocycles. The highest BCUT2D eigenvalue weighted by Gasteiger charge is 2.38. The third-order valence-corrected chi connectivity index (χ3v) is 4.79. The number of anilines is 1. The second-order valence-electron chi connectivity index (χ2n) is 6.32. The van der Waals surface area contributed by atoms with Crippen LogP contribution in [0, 0.1) is 5.92 Å². The lowest BCUT2D eigenvalue weighted by Gasteiger charge is -2.24. The van der Waals surface area contributed by atoms with E-state index >= 15 is 0 Å². The number of nitrogens with one attached hydrogen (secondary N) is 2. The van der Waals surface area contributed by atoms with Gasteiger partial charge in [0.15, 0.2) is 0 Å². The minimum atomic E-state index is -0.0978. The van der Waals surface area contributed by atoms with Crippen molar-refractivity contribution in [3.05, 3.63) is 30.9 Å². The predicted molar refractivity (Wildman–Crippen MR) is 85.1 cm³/mol. The quantitative estimate of drug-likeness (QED) is 0.897. The van der Waals surface area contributed by atoms with Crippen LogP contribution in [0.25, 0.3) is 5.95 Å². The lowest BCUT2D eigenvalue weighted by atomic mass is 9.85. The van der Waals surface area contributed by atoms with Crippen LogP contribution < -0.4 is 10.6 Å². The van der Waals surface area contributed by atoms with Crippen LogP contribution in [0.3, 0.4) is 0 Å². The third-order valence-electron chi connectivity index (χ3n) is 4.79. The summed E-state index contributed by atoms with van der Waals surface area (Å²) in [6, 6.07) is 2.17. The van der Waals surface area contributed by atoms with Gasteiger partial charge in [-0.1, -0.05) is 12.8 Å². The monoisotopic (exact) mass is 312 g/mol. The molecular formula is C16H20N6O. The summed E-state index contributed by atoms with van der Waals surface area (Å²) in [4.78, 5) is 20.7. The molecule has 2 aliphatic rings. The van der Waals surface area contributed by atoms with Gasteiger partial charge in [0.25, 0.3) is 0 Å². The molecule has 23 heavy (non-hydrogen) atoms. The molecule has 3 atom stereocenters. The summed E-state index contributed by atoms with van der Waals surface area (Å²) in [6.07, 6.45) is 12.6. The van der Waals surface area contributed by atoms with Gasteiger partial charge in [-0.05, 0) is 31.2 Å². The van der Waals surface area contributed by atoms with E-state index in [1.54, 1.807) is 35.5 Å². The highest BCUT2D eigenvalue weighted by Crippen LogP contribution is 2.33. The normalized spacial score (nSPS) is 26.7. The number of fused-ring (bicyclic) bond motifs is 1. The van der Waals surface area contributed by atoms with Crippen molar-refractivity contribution in [2.75, 3.05) is 5.32 Å². The molecular weight excluding hydrogens is 292 g/mol. The van der Waals surface area contributed by atoms with Crippen LogP contribution in [0.5, 0.6) is 0 Å². The second kappa shape index (κ2) is 6.08. The molecule has 4 rings (SSSR count). The summed E-state index contributed by atoms with van der Waals surface area (Å²) in [6.45, 7) is 0. The average molecular weight is 312 g/mol. The molecule has 2 aromatic rings. The molecule has 1 aliphatic carbocycles. The van der Waals surface area contributed by atoms with Gasteiger partial charge >= 0.3 is 0 Å². The number of amides is 1. The van der Waals surface area contributed by atoms with Crippen molar-refractivity contribution >= 4 is 11.6 Å². The van der Waals surface area contributed by atoms with Crippen LogP contribution in [0.2, 0.25) is 0 Å². The number of rotatable bonds is 3. The maximum absolute atomic E-state index is 12.5. The van der Waals surface area contributed by atoms with Gasteiger partial charge < -0.3 is 10.6 Å². The van der Waals surface area contributed by atoms with E-state index in [0.717, 1.165) is 6.42 Å². The molecule has 0 unspecified atom stereocenters. The van der Waals surface area contributed by atoms with Crippen LogP contribution in [-0.2, 0) is 4.79 Å². The zero-order valence-electron chi connectivity index (χ0n) is 12.9. The number of hydrogen-bond acceptors (Lipinski definition) is 5. The Hall–Kier alpha value is -2.28. The fourth-order valence-electron chi connectivity index (χ4n) is 3.66. The Kier molecular flexibility index (Phi) is 3.78. The highest BCUT2D eigenvalue weighted by molar-refractivity contribution is 5.94. The molecule has 7 heteroatoms. The SMILES string of the molecule is O=C(Nc1cnn(-c2ncccn2)c1)[C@@H]1C[C@H]2CCCC[C@H]2N1. The third kappa shape index (κ3) is 2.96. The lowest BCUT2D eigenvalue weighted by molar-refractivity contribution is -0.117. The number of aromatic nitrogens is 4. The Morgan fingerprint density at radius 1 is 1.26 bits per heavy atom. The van der Waals surface area contributed by atoms with Crippen LogP contribution in [0.15, 0.2) is 30.9 Å². The Bertz CT molecular complexity index is 671. The molecule has 0 radical (unpaired) electrons. The van der Waals surface area contributed by atoms with Gasteiger partial charge in [-0.2, -0.15) is 5.10 Å². The topological polar surface area (TPSA) is 84.7 Å². The van der Waals surface area contributed by atoms with Gasteiger partial charge in [0, 0.05) is 18.4 Å². The number of carbonyl (C=O) groups is 1.